The third-order valence-electron chi connectivity index (χ3n) is 3.60. The highest BCUT2D eigenvalue weighted by Crippen LogP contribution is 2.30. The lowest BCUT2D eigenvalue weighted by Crippen LogP contribution is -2.38. The monoisotopic (exact) mass is 283 g/mol. The summed E-state index contributed by atoms with van der Waals surface area (Å²) < 4.78 is 11.6. The SMILES string of the molecule is c1ccc(CCCNCC2COc3ccccc3O2)cc1. The molecule has 0 bridgehead atoms. The van der Waals surface area contributed by atoms with Gasteiger partial charge in [0.2, 0.25) is 0 Å². The summed E-state index contributed by atoms with van der Waals surface area (Å²) in [5, 5.41) is 3.45. The highest BCUT2D eigenvalue weighted by atomic mass is 16.6. The quantitative estimate of drug-likeness (QED) is 0.827. The van der Waals surface area contributed by atoms with Gasteiger partial charge in [0.05, 0.1) is 0 Å². The van der Waals surface area contributed by atoms with Gasteiger partial charge in [-0.1, -0.05) is 42.5 Å². The molecule has 2 aromatic carbocycles. The van der Waals surface area contributed by atoms with Crippen LogP contribution in [0.1, 0.15) is 12.0 Å². The van der Waals surface area contributed by atoms with Crippen molar-refractivity contribution in [3.63, 3.8) is 0 Å². The van der Waals surface area contributed by atoms with E-state index in [9.17, 15) is 0 Å². The molecule has 3 nitrogen and oxygen atoms in total. The summed E-state index contributed by atoms with van der Waals surface area (Å²) in [6.45, 7) is 2.43. The lowest BCUT2D eigenvalue weighted by molar-refractivity contribution is 0.0905. The Morgan fingerprint density at radius 3 is 2.57 bits per heavy atom. The normalized spacial score (nSPS) is 16.7. The van der Waals surface area contributed by atoms with Crippen molar-refractivity contribution in [2.24, 2.45) is 0 Å². The van der Waals surface area contributed by atoms with E-state index in [1.165, 1.54) is 5.56 Å². The molecule has 0 saturated heterocycles. The standard InChI is InChI=1S/C18H21NO2/c1-2-7-15(8-3-1)9-6-12-19-13-16-14-20-17-10-4-5-11-18(17)21-16/h1-5,7-8,10-11,16,19H,6,9,12-14H2. The zero-order valence-electron chi connectivity index (χ0n) is 12.1. The number of hydrogen-bond acceptors (Lipinski definition) is 3. The highest BCUT2D eigenvalue weighted by molar-refractivity contribution is 5.40. The van der Waals surface area contributed by atoms with Gasteiger partial charge >= 0.3 is 0 Å². The fourth-order valence-electron chi connectivity index (χ4n) is 2.49. The molecular weight excluding hydrogens is 262 g/mol. The van der Waals surface area contributed by atoms with Gasteiger partial charge in [-0.25, -0.2) is 0 Å². The number of hydrogen-bond donors (Lipinski definition) is 1. The van der Waals surface area contributed by atoms with Gasteiger partial charge in [0.25, 0.3) is 0 Å². The van der Waals surface area contributed by atoms with E-state index in [1.807, 2.05) is 24.3 Å². The van der Waals surface area contributed by atoms with E-state index in [4.69, 9.17) is 9.47 Å². The van der Waals surface area contributed by atoms with E-state index in [0.29, 0.717) is 6.61 Å². The molecule has 1 N–H and O–H groups in total. The van der Waals surface area contributed by atoms with Crippen molar-refractivity contribution >= 4 is 0 Å². The maximum absolute atomic E-state index is 5.91. The van der Waals surface area contributed by atoms with Gasteiger partial charge < -0.3 is 14.8 Å². The van der Waals surface area contributed by atoms with Crippen molar-refractivity contribution in [1.29, 1.82) is 0 Å². The average Bonchev–Trinajstić information content (AvgIpc) is 2.55. The molecule has 3 rings (SSSR count). The number of ether oxygens (including phenoxy) is 2. The predicted molar refractivity (Wildman–Crippen MR) is 84.0 cm³/mol. The van der Waals surface area contributed by atoms with Crippen molar-refractivity contribution < 1.29 is 9.47 Å². The summed E-state index contributed by atoms with van der Waals surface area (Å²) in [6, 6.07) is 18.4. The molecule has 0 amide bonds. The van der Waals surface area contributed by atoms with E-state index in [1.54, 1.807) is 0 Å². The summed E-state index contributed by atoms with van der Waals surface area (Å²) in [5.41, 5.74) is 1.39. The van der Waals surface area contributed by atoms with Gasteiger partial charge in [-0.15, -0.1) is 0 Å². The molecule has 1 heterocycles. The summed E-state index contributed by atoms with van der Waals surface area (Å²) in [5.74, 6) is 1.69. The molecular formula is C18H21NO2. The highest BCUT2D eigenvalue weighted by Gasteiger charge is 2.19. The number of fused-ring (bicyclic) bond motifs is 1. The second-order valence-corrected chi connectivity index (χ2v) is 5.29. The van der Waals surface area contributed by atoms with E-state index in [0.717, 1.165) is 37.4 Å². The summed E-state index contributed by atoms with van der Waals surface area (Å²) in [7, 11) is 0. The van der Waals surface area contributed by atoms with E-state index in [-0.39, 0.29) is 6.10 Å². The van der Waals surface area contributed by atoms with Crippen LogP contribution in [0.4, 0.5) is 0 Å². The minimum Gasteiger partial charge on any atom is -0.486 e. The third-order valence-corrected chi connectivity index (χ3v) is 3.60. The van der Waals surface area contributed by atoms with Crippen LogP contribution in [0.5, 0.6) is 11.5 Å². The Morgan fingerprint density at radius 1 is 0.952 bits per heavy atom. The summed E-state index contributed by atoms with van der Waals surface area (Å²) in [4.78, 5) is 0. The molecule has 1 unspecified atom stereocenters. The maximum Gasteiger partial charge on any atom is 0.161 e. The summed E-state index contributed by atoms with van der Waals surface area (Å²) in [6.07, 6.45) is 2.34. The first-order valence-electron chi connectivity index (χ1n) is 7.55. The van der Waals surface area contributed by atoms with Gasteiger partial charge in [0.1, 0.15) is 12.7 Å². The van der Waals surface area contributed by atoms with Crippen molar-refractivity contribution in [3.05, 3.63) is 60.2 Å². The first kappa shape index (κ1) is 14.0. The minimum atomic E-state index is 0.0941. The van der Waals surface area contributed by atoms with Gasteiger partial charge in [-0.3, -0.25) is 0 Å². The molecule has 0 aliphatic carbocycles. The third kappa shape index (κ3) is 3.99. The zero-order valence-corrected chi connectivity index (χ0v) is 12.1. The lowest BCUT2D eigenvalue weighted by Gasteiger charge is -2.26. The van der Waals surface area contributed by atoms with Crippen molar-refractivity contribution in [1.82, 2.24) is 5.32 Å². The molecule has 0 fully saturated rings. The molecule has 0 spiro atoms. The smallest absolute Gasteiger partial charge is 0.161 e. The van der Waals surface area contributed by atoms with Crippen LogP contribution < -0.4 is 14.8 Å². The Hall–Kier alpha value is -2.00. The number of benzene rings is 2. The van der Waals surface area contributed by atoms with Crippen LogP contribution >= 0.6 is 0 Å². The first-order valence-corrected chi connectivity index (χ1v) is 7.55. The molecule has 1 aliphatic rings. The number of para-hydroxylation sites is 2. The first-order chi connectivity index (χ1) is 10.4. The Labute approximate surface area is 125 Å². The van der Waals surface area contributed by atoms with E-state index >= 15 is 0 Å². The van der Waals surface area contributed by atoms with Crippen molar-refractivity contribution in [3.8, 4) is 11.5 Å². The molecule has 3 heteroatoms. The molecule has 0 saturated carbocycles. The fraction of sp³-hybridized carbons (Fsp3) is 0.333. The van der Waals surface area contributed by atoms with Gasteiger partial charge in [0, 0.05) is 6.54 Å². The molecule has 2 aromatic rings. The van der Waals surface area contributed by atoms with Crippen LogP contribution in [-0.2, 0) is 6.42 Å². The van der Waals surface area contributed by atoms with Crippen LogP contribution in [0.15, 0.2) is 54.6 Å². The van der Waals surface area contributed by atoms with E-state index < -0.39 is 0 Å². The van der Waals surface area contributed by atoms with Crippen LogP contribution in [0.2, 0.25) is 0 Å². The molecule has 21 heavy (non-hydrogen) atoms. The number of aryl methyl sites for hydroxylation is 1. The second kappa shape index (κ2) is 7.14. The van der Waals surface area contributed by atoms with Gasteiger partial charge in [-0.2, -0.15) is 0 Å². The maximum atomic E-state index is 5.91. The lowest BCUT2D eigenvalue weighted by atomic mass is 10.1. The molecule has 0 radical (unpaired) electrons. The van der Waals surface area contributed by atoms with Crippen LogP contribution in [0.25, 0.3) is 0 Å². The van der Waals surface area contributed by atoms with Crippen LogP contribution in [-0.4, -0.2) is 25.8 Å². The van der Waals surface area contributed by atoms with Gasteiger partial charge in [0.15, 0.2) is 11.5 Å². The predicted octanol–water partition coefficient (Wildman–Crippen LogP) is 3.05. The van der Waals surface area contributed by atoms with E-state index in [2.05, 4.69) is 35.6 Å². The Kier molecular flexibility index (Phi) is 4.74. The average molecular weight is 283 g/mol. The molecule has 110 valence electrons. The summed E-state index contributed by atoms with van der Waals surface area (Å²) >= 11 is 0. The molecule has 1 aliphatic heterocycles. The topological polar surface area (TPSA) is 30.5 Å². The Morgan fingerprint density at radius 2 is 1.71 bits per heavy atom. The van der Waals surface area contributed by atoms with Crippen molar-refractivity contribution in [2.75, 3.05) is 19.7 Å². The molecule has 0 aromatic heterocycles. The molecule has 1 atom stereocenters. The Balaban J connectivity index is 1.35. The minimum absolute atomic E-state index is 0.0941. The number of rotatable bonds is 6. The largest absolute Gasteiger partial charge is 0.486 e. The van der Waals surface area contributed by atoms with Gasteiger partial charge in [-0.05, 0) is 37.1 Å². The zero-order chi connectivity index (χ0) is 14.3. The van der Waals surface area contributed by atoms with Crippen molar-refractivity contribution in [2.45, 2.75) is 18.9 Å². The van der Waals surface area contributed by atoms with Crippen LogP contribution in [0.3, 0.4) is 0 Å². The number of nitrogens with one attached hydrogen (secondary N) is 1. The van der Waals surface area contributed by atoms with Crippen LogP contribution in [0, 0.1) is 0 Å². The Bertz CT molecular complexity index is 556. The fourth-order valence-corrected chi connectivity index (χ4v) is 2.49. The second-order valence-electron chi connectivity index (χ2n) is 5.29.